The Bertz CT molecular complexity index is 1170. The van der Waals surface area contributed by atoms with Crippen LogP contribution in [0.4, 0.5) is 0 Å². The smallest absolute Gasteiger partial charge is 0.264 e. The number of carbonyl (C=O) groups is 1. The van der Waals surface area contributed by atoms with Crippen LogP contribution in [-0.4, -0.2) is 33.5 Å². The lowest BCUT2D eigenvalue weighted by atomic mass is 10.0. The molecule has 1 amide bonds. The molecule has 0 aliphatic carbocycles. The molecule has 1 heterocycles. The minimum atomic E-state index is -1.39. The molecule has 4 rings (SSSR count). The van der Waals surface area contributed by atoms with E-state index in [9.17, 15) is 9.00 Å². The first kappa shape index (κ1) is 25.0. The summed E-state index contributed by atoms with van der Waals surface area (Å²) in [5.74, 6) is 0.0313. The van der Waals surface area contributed by atoms with Gasteiger partial charge in [0.15, 0.2) is 0 Å². The largest absolute Gasteiger partial charge is 0.346 e. The summed E-state index contributed by atoms with van der Waals surface area (Å²) >= 11 is 18.1. The lowest BCUT2D eigenvalue weighted by molar-refractivity contribution is -0.143. The zero-order valence-electron chi connectivity index (χ0n) is 18.3. The van der Waals surface area contributed by atoms with Gasteiger partial charge < -0.3 is 9.64 Å². The van der Waals surface area contributed by atoms with Gasteiger partial charge in [-0.25, -0.2) is 0 Å². The standard InChI is InChI=1S/C26H22Cl3NO3S/c1-17(30-14-15-34(32)24(26(30)31)16-18-2-8-21(27)9-3-18)33-25(19-4-10-22(28)11-5-19)20-6-12-23(29)13-7-20/h2-13,16-17,25H,14-15H2,1H3/b24-16+. The second-order valence-corrected chi connectivity index (χ2v) is 10.7. The summed E-state index contributed by atoms with van der Waals surface area (Å²) in [5, 5.41) is 1.84. The fourth-order valence-corrected chi connectivity index (χ4v) is 5.25. The molecule has 0 N–H and O–H groups in total. The van der Waals surface area contributed by atoms with Crippen molar-refractivity contribution in [2.75, 3.05) is 12.3 Å². The van der Waals surface area contributed by atoms with E-state index in [1.807, 2.05) is 31.2 Å². The van der Waals surface area contributed by atoms with Gasteiger partial charge in [-0.1, -0.05) is 71.2 Å². The maximum absolute atomic E-state index is 13.3. The summed E-state index contributed by atoms with van der Waals surface area (Å²) in [7, 11) is -1.39. The second-order valence-electron chi connectivity index (χ2n) is 7.83. The van der Waals surface area contributed by atoms with Crippen molar-refractivity contribution >= 4 is 57.6 Å². The molecule has 1 saturated heterocycles. The van der Waals surface area contributed by atoms with Gasteiger partial charge in [0, 0.05) is 27.4 Å². The molecule has 0 radical (unpaired) electrons. The maximum Gasteiger partial charge on any atom is 0.264 e. The van der Waals surface area contributed by atoms with Crippen LogP contribution in [0.2, 0.25) is 15.1 Å². The fraction of sp³-hybridized carbons (Fsp3) is 0.192. The van der Waals surface area contributed by atoms with Crippen LogP contribution < -0.4 is 0 Å². The molecule has 0 bridgehead atoms. The van der Waals surface area contributed by atoms with Crippen LogP contribution in [0.25, 0.3) is 6.08 Å². The van der Waals surface area contributed by atoms with E-state index in [4.69, 9.17) is 39.5 Å². The molecule has 8 heteroatoms. The Labute approximate surface area is 216 Å². The highest BCUT2D eigenvalue weighted by molar-refractivity contribution is 7.90. The summed E-state index contributed by atoms with van der Waals surface area (Å²) in [6.45, 7) is 2.16. The minimum Gasteiger partial charge on any atom is -0.346 e. The quantitative estimate of drug-likeness (QED) is 0.329. The van der Waals surface area contributed by atoms with Gasteiger partial charge in [0.1, 0.15) is 17.2 Å². The van der Waals surface area contributed by atoms with Crippen LogP contribution in [0.3, 0.4) is 0 Å². The van der Waals surface area contributed by atoms with E-state index < -0.39 is 23.1 Å². The molecule has 1 aliphatic rings. The average molecular weight is 535 g/mol. The maximum atomic E-state index is 13.3. The SMILES string of the molecule is CC(OC(c1ccc(Cl)cc1)c1ccc(Cl)cc1)N1CCS(=O)/C(=C/c2ccc(Cl)cc2)C1=O. The van der Waals surface area contributed by atoms with Gasteiger partial charge in [-0.3, -0.25) is 9.00 Å². The molecule has 1 aliphatic heterocycles. The van der Waals surface area contributed by atoms with Gasteiger partial charge in [-0.15, -0.1) is 0 Å². The number of amides is 1. The molecule has 0 saturated carbocycles. The van der Waals surface area contributed by atoms with Crippen molar-refractivity contribution in [1.29, 1.82) is 0 Å². The molecule has 34 heavy (non-hydrogen) atoms. The van der Waals surface area contributed by atoms with Gasteiger partial charge >= 0.3 is 0 Å². The summed E-state index contributed by atoms with van der Waals surface area (Å²) in [6.07, 6.45) is 0.631. The molecule has 0 aromatic heterocycles. The highest BCUT2D eigenvalue weighted by Crippen LogP contribution is 2.31. The molecular weight excluding hydrogens is 513 g/mol. The van der Waals surface area contributed by atoms with Gasteiger partial charge in [0.2, 0.25) is 0 Å². The van der Waals surface area contributed by atoms with E-state index in [0.717, 1.165) is 16.7 Å². The minimum absolute atomic E-state index is 0.249. The fourth-order valence-electron chi connectivity index (χ4n) is 3.71. The van der Waals surface area contributed by atoms with E-state index in [1.165, 1.54) is 0 Å². The van der Waals surface area contributed by atoms with Gasteiger partial charge in [-0.05, 0) is 66.1 Å². The van der Waals surface area contributed by atoms with Gasteiger partial charge in [0.25, 0.3) is 5.91 Å². The summed E-state index contributed by atoms with van der Waals surface area (Å²) in [6, 6.07) is 21.8. The van der Waals surface area contributed by atoms with Crippen molar-refractivity contribution in [3.8, 4) is 0 Å². The Kier molecular flexibility index (Phi) is 8.12. The number of nitrogens with zero attached hydrogens (tertiary/aromatic N) is 1. The van der Waals surface area contributed by atoms with E-state index >= 15 is 0 Å². The van der Waals surface area contributed by atoms with Crippen LogP contribution in [0.1, 0.15) is 29.7 Å². The number of benzene rings is 3. The van der Waals surface area contributed by atoms with E-state index in [1.54, 1.807) is 59.5 Å². The number of hydrogen-bond donors (Lipinski definition) is 0. The number of ether oxygens (including phenoxy) is 1. The van der Waals surface area contributed by atoms with Crippen molar-refractivity contribution in [3.05, 3.63) is 109 Å². The predicted molar refractivity (Wildman–Crippen MR) is 139 cm³/mol. The van der Waals surface area contributed by atoms with Crippen LogP contribution >= 0.6 is 34.8 Å². The Hall–Kier alpha value is -2.15. The monoisotopic (exact) mass is 533 g/mol. The van der Waals surface area contributed by atoms with Crippen molar-refractivity contribution < 1.29 is 13.7 Å². The first-order valence-corrected chi connectivity index (χ1v) is 13.1. The topological polar surface area (TPSA) is 46.6 Å². The molecule has 176 valence electrons. The molecule has 3 aromatic rings. The Morgan fingerprint density at radius 3 is 1.82 bits per heavy atom. The molecule has 4 nitrogen and oxygen atoms in total. The molecule has 2 atom stereocenters. The second kappa shape index (κ2) is 11.1. The summed E-state index contributed by atoms with van der Waals surface area (Å²) in [4.78, 5) is 15.2. The number of rotatable bonds is 6. The third kappa shape index (κ3) is 5.91. The Balaban J connectivity index is 1.60. The van der Waals surface area contributed by atoms with Crippen molar-refractivity contribution in [2.24, 2.45) is 0 Å². The van der Waals surface area contributed by atoms with Crippen molar-refractivity contribution in [1.82, 2.24) is 4.90 Å². The lowest BCUT2D eigenvalue weighted by Gasteiger charge is -2.35. The van der Waals surface area contributed by atoms with Crippen LogP contribution in [0.5, 0.6) is 0 Å². The first-order chi connectivity index (χ1) is 16.3. The number of carbonyl (C=O) groups excluding carboxylic acids is 1. The predicted octanol–water partition coefficient (Wildman–Crippen LogP) is 6.73. The van der Waals surface area contributed by atoms with E-state index in [0.29, 0.717) is 27.4 Å². The van der Waals surface area contributed by atoms with Crippen LogP contribution in [-0.2, 0) is 20.3 Å². The van der Waals surface area contributed by atoms with Crippen molar-refractivity contribution in [3.63, 3.8) is 0 Å². The number of halogens is 3. The number of hydrogen-bond acceptors (Lipinski definition) is 3. The van der Waals surface area contributed by atoms with E-state index in [2.05, 4.69) is 0 Å². The lowest BCUT2D eigenvalue weighted by Crippen LogP contribution is -2.47. The Morgan fingerprint density at radius 2 is 1.32 bits per heavy atom. The third-order valence-corrected chi connectivity index (χ3v) is 7.61. The summed E-state index contributed by atoms with van der Waals surface area (Å²) < 4.78 is 19.1. The first-order valence-electron chi connectivity index (χ1n) is 10.6. The highest BCUT2D eigenvalue weighted by atomic mass is 35.5. The van der Waals surface area contributed by atoms with Gasteiger partial charge in [-0.2, -0.15) is 0 Å². The Morgan fingerprint density at radius 1 is 0.853 bits per heavy atom. The summed E-state index contributed by atoms with van der Waals surface area (Å²) in [5.41, 5.74) is 2.55. The zero-order valence-corrected chi connectivity index (χ0v) is 21.4. The molecular formula is C26H22Cl3NO3S. The van der Waals surface area contributed by atoms with Crippen LogP contribution in [0.15, 0.2) is 77.7 Å². The van der Waals surface area contributed by atoms with Gasteiger partial charge in [0.05, 0.1) is 10.8 Å². The van der Waals surface area contributed by atoms with E-state index in [-0.39, 0.29) is 10.8 Å². The van der Waals surface area contributed by atoms with Crippen molar-refractivity contribution in [2.45, 2.75) is 19.3 Å². The average Bonchev–Trinajstić information content (AvgIpc) is 2.82. The molecule has 3 aromatic carbocycles. The molecule has 0 spiro atoms. The molecule has 1 fully saturated rings. The zero-order chi connectivity index (χ0) is 24.2. The molecule has 2 unspecified atom stereocenters. The normalized spacial score (nSPS) is 18.5. The highest BCUT2D eigenvalue weighted by Gasteiger charge is 2.33. The third-order valence-electron chi connectivity index (χ3n) is 5.52. The van der Waals surface area contributed by atoms with Crippen LogP contribution in [0, 0.1) is 0 Å².